The highest BCUT2D eigenvalue weighted by Gasteiger charge is 2.41. The average molecular weight is 258 g/mol. The van der Waals surface area contributed by atoms with Gasteiger partial charge in [-0.25, -0.2) is 0 Å². The van der Waals surface area contributed by atoms with Gasteiger partial charge in [0.25, 0.3) is 0 Å². The summed E-state index contributed by atoms with van der Waals surface area (Å²) >= 11 is 0.781. The van der Waals surface area contributed by atoms with Crippen LogP contribution >= 0.6 is 11.8 Å². The van der Waals surface area contributed by atoms with Crippen molar-refractivity contribution >= 4 is 17.7 Å². The van der Waals surface area contributed by atoms with E-state index in [9.17, 15) is 18.0 Å². The predicted molar refractivity (Wildman–Crippen MR) is 58.5 cm³/mol. The molecule has 2 nitrogen and oxygen atoms in total. The molecule has 0 aromatic heterocycles. The summed E-state index contributed by atoms with van der Waals surface area (Å²) in [5.74, 6) is -0.367. The van der Waals surface area contributed by atoms with Gasteiger partial charge in [0.1, 0.15) is 5.25 Å². The fourth-order valence-electron chi connectivity index (χ4n) is 1.01. The van der Waals surface area contributed by atoms with Crippen molar-refractivity contribution < 1.29 is 22.7 Å². The van der Waals surface area contributed by atoms with Gasteiger partial charge in [0.05, 0.1) is 13.0 Å². The molecule has 0 bridgehead atoms. The van der Waals surface area contributed by atoms with Crippen LogP contribution in [0.3, 0.4) is 0 Å². The minimum absolute atomic E-state index is 0.114. The molecule has 0 radical (unpaired) electrons. The van der Waals surface area contributed by atoms with Crippen molar-refractivity contribution in [3.05, 3.63) is 0 Å². The Morgan fingerprint density at radius 3 is 2.44 bits per heavy atom. The van der Waals surface area contributed by atoms with E-state index in [0.29, 0.717) is 5.75 Å². The molecule has 0 aliphatic rings. The number of hydrogen-bond acceptors (Lipinski definition) is 3. The van der Waals surface area contributed by atoms with Gasteiger partial charge >= 0.3 is 12.1 Å². The fourth-order valence-corrected chi connectivity index (χ4v) is 2.19. The molecule has 1 atom stereocenters. The Kier molecular flexibility index (Phi) is 7.62. The van der Waals surface area contributed by atoms with E-state index in [-0.39, 0.29) is 6.61 Å². The van der Waals surface area contributed by atoms with Crippen LogP contribution in [0.5, 0.6) is 0 Å². The molecule has 0 saturated heterocycles. The van der Waals surface area contributed by atoms with Gasteiger partial charge in [-0.3, -0.25) is 4.79 Å². The monoisotopic (exact) mass is 258 g/mol. The number of alkyl halides is 3. The van der Waals surface area contributed by atoms with E-state index in [1.54, 1.807) is 6.92 Å². The second-order valence-electron chi connectivity index (χ2n) is 3.26. The van der Waals surface area contributed by atoms with Gasteiger partial charge in [0.2, 0.25) is 0 Å². The third kappa shape index (κ3) is 6.98. The summed E-state index contributed by atoms with van der Waals surface area (Å²) in [6, 6.07) is 0. The summed E-state index contributed by atoms with van der Waals surface area (Å²) in [5.41, 5.74) is 0. The van der Waals surface area contributed by atoms with Crippen LogP contribution in [0.25, 0.3) is 0 Å². The highest BCUT2D eigenvalue weighted by molar-refractivity contribution is 8.00. The number of thioether (sulfide) groups is 1. The van der Waals surface area contributed by atoms with Crippen molar-refractivity contribution in [2.24, 2.45) is 0 Å². The van der Waals surface area contributed by atoms with Crippen molar-refractivity contribution in [2.75, 3.05) is 12.4 Å². The van der Waals surface area contributed by atoms with E-state index < -0.39 is 23.8 Å². The lowest BCUT2D eigenvalue weighted by atomic mass is 10.3. The molecule has 0 fully saturated rings. The number of halogens is 3. The van der Waals surface area contributed by atoms with E-state index >= 15 is 0 Å². The highest BCUT2D eigenvalue weighted by Crippen LogP contribution is 2.33. The molecule has 0 spiro atoms. The molecule has 0 amide bonds. The van der Waals surface area contributed by atoms with Crippen LogP contribution in [-0.4, -0.2) is 29.8 Å². The quantitative estimate of drug-likeness (QED) is 0.517. The summed E-state index contributed by atoms with van der Waals surface area (Å²) in [6.07, 6.45) is -3.37. The van der Waals surface area contributed by atoms with Crippen molar-refractivity contribution in [3.8, 4) is 0 Å². The first-order chi connectivity index (χ1) is 7.41. The van der Waals surface area contributed by atoms with Gasteiger partial charge in [-0.05, 0) is 19.1 Å². The summed E-state index contributed by atoms with van der Waals surface area (Å²) in [6.45, 7) is 3.60. The third-order valence-corrected chi connectivity index (χ3v) is 3.20. The van der Waals surface area contributed by atoms with Gasteiger partial charge in [-0.1, -0.05) is 13.3 Å². The molecule has 0 N–H and O–H groups in total. The van der Waals surface area contributed by atoms with Crippen LogP contribution in [0, 0.1) is 0 Å². The SMILES string of the molecule is CCCCSC(CC(=O)OCC)C(F)(F)F. The van der Waals surface area contributed by atoms with Crippen molar-refractivity contribution in [2.45, 2.75) is 44.5 Å². The zero-order valence-corrected chi connectivity index (χ0v) is 10.3. The van der Waals surface area contributed by atoms with Gasteiger partial charge in [0, 0.05) is 0 Å². The third-order valence-electron chi connectivity index (χ3n) is 1.84. The summed E-state index contributed by atoms with van der Waals surface area (Å²) in [5, 5.41) is -1.64. The number of carbonyl (C=O) groups excluding carboxylic acids is 1. The van der Waals surface area contributed by atoms with E-state index in [2.05, 4.69) is 4.74 Å². The molecular weight excluding hydrogens is 241 g/mol. The average Bonchev–Trinajstić information content (AvgIpc) is 2.15. The number of rotatable bonds is 7. The van der Waals surface area contributed by atoms with Crippen LogP contribution in [0.2, 0.25) is 0 Å². The van der Waals surface area contributed by atoms with Crippen LogP contribution < -0.4 is 0 Å². The lowest BCUT2D eigenvalue weighted by molar-refractivity contribution is -0.154. The standard InChI is InChI=1S/C10H17F3O2S/c1-3-5-6-16-8(10(11,12)13)7-9(14)15-4-2/h8H,3-7H2,1-2H3. The largest absolute Gasteiger partial charge is 0.466 e. The molecule has 6 heteroatoms. The first kappa shape index (κ1) is 15.6. The molecule has 0 aliphatic heterocycles. The maximum Gasteiger partial charge on any atom is 0.401 e. The predicted octanol–water partition coefficient (Wildman–Crippen LogP) is 3.40. The van der Waals surface area contributed by atoms with Gasteiger partial charge in [-0.15, -0.1) is 11.8 Å². The molecule has 0 aliphatic carbocycles. The molecule has 0 heterocycles. The highest BCUT2D eigenvalue weighted by atomic mass is 32.2. The number of ether oxygens (including phenoxy) is 1. The Morgan fingerprint density at radius 1 is 1.38 bits per heavy atom. The van der Waals surface area contributed by atoms with Crippen molar-refractivity contribution in [1.29, 1.82) is 0 Å². The topological polar surface area (TPSA) is 26.3 Å². The van der Waals surface area contributed by atoms with Crippen molar-refractivity contribution in [3.63, 3.8) is 0 Å². The normalized spacial score (nSPS) is 13.6. The molecule has 0 saturated carbocycles. The molecule has 0 aromatic carbocycles. The minimum atomic E-state index is -4.34. The molecule has 0 aromatic rings. The number of carbonyl (C=O) groups is 1. The number of unbranched alkanes of at least 4 members (excludes halogenated alkanes) is 1. The molecule has 16 heavy (non-hydrogen) atoms. The second kappa shape index (κ2) is 7.81. The minimum Gasteiger partial charge on any atom is -0.466 e. The summed E-state index contributed by atoms with van der Waals surface area (Å²) in [4.78, 5) is 11.0. The maximum atomic E-state index is 12.5. The van der Waals surface area contributed by atoms with Gasteiger partial charge in [0.15, 0.2) is 0 Å². The van der Waals surface area contributed by atoms with Crippen LogP contribution in [0.15, 0.2) is 0 Å². The summed E-state index contributed by atoms with van der Waals surface area (Å²) < 4.78 is 42.1. The molecular formula is C10H17F3O2S. The first-order valence-electron chi connectivity index (χ1n) is 5.25. The van der Waals surface area contributed by atoms with E-state index in [4.69, 9.17) is 0 Å². The van der Waals surface area contributed by atoms with E-state index in [0.717, 1.165) is 24.6 Å². The van der Waals surface area contributed by atoms with Crippen LogP contribution in [0.1, 0.15) is 33.1 Å². The lowest BCUT2D eigenvalue weighted by Gasteiger charge is -2.18. The zero-order chi connectivity index (χ0) is 12.6. The number of esters is 1. The molecule has 96 valence electrons. The Labute approximate surface area is 97.9 Å². The van der Waals surface area contributed by atoms with E-state index in [1.807, 2.05) is 6.92 Å². The lowest BCUT2D eigenvalue weighted by Crippen LogP contribution is -2.29. The Bertz CT molecular complexity index is 207. The fraction of sp³-hybridized carbons (Fsp3) is 0.900. The Morgan fingerprint density at radius 2 is 2.00 bits per heavy atom. The van der Waals surface area contributed by atoms with Crippen LogP contribution in [-0.2, 0) is 9.53 Å². The zero-order valence-electron chi connectivity index (χ0n) is 9.47. The van der Waals surface area contributed by atoms with E-state index in [1.165, 1.54) is 0 Å². The van der Waals surface area contributed by atoms with Crippen molar-refractivity contribution in [1.82, 2.24) is 0 Å². The number of hydrogen-bond donors (Lipinski definition) is 0. The Hall–Kier alpha value is -0.390. The Balaban J connectivity index is 4.16. The molecule has 1 unspecified atom stereocenters. The first-order valence-corrected chi connectivity index (χ1v) is 6.30. The molecule has 0 rings (SSSR count). The summed E-state index contributed by atoms with van der Waals surface area (Å²) in [7, 11) is 0. The second-order valence-corrected chi connectivity index (χ2v) is 4.57. The van der Waals surface area contributed by atoms with Gasteiger partial charge in [-0.2, -0.15) is 13.2 Å². The van der Waals surface area contributed by atoms with Crippen LogP contribution in [0.4, 0.5) is 13.2 Å². The maximum absolute atomic E-state index is 12.5. The van der Waals surface area contributed by atoms with Gasteiger partial charge < -0.3 is 4.74 Å². The smallest absolute Gasteiger partial charge is 0.401 e.